The summed E-state index contributed by atoms with van der Waals surface area (Å²) in [6.45, 7) is 4.53. The molecule has 0 atom stereocenters. The fourth-order valence-electron chi connectivity index (χ4n) is 5.68. The van der Waals surface area contributed by atoms with Crippen LogP contribution < -0.4 is 51.4 Å². The molecular formula is C34H55KO3S. The zero-order valence-electron chi connectivity index (χ0n) is 25.6. The van der Waals surface area contributed by atoms with Gasteiger partial charge in [0.05, 0.1) is 4.90 Å². The van der Waals surface area contributed by atoms with Crippen LogP contribution in [-0.4, -0.2) is 13.0 Å². The van der Waals surface area contributed by atoms with Crippen LogP contribution in [0.15, 0.2) is 35.2 Å². The molecule has 2 rings (SSSR count). The Morgan fingerprint density at radius 3 is 1.36 bits per heavy atom. The van der Waals surface area contributed by atoms with Crippen molar-refractivity contribution in [3.05, 3.63) is 41.5 Å². The van der Waals surface area contributed by atoms with E-state index in [2.05, 4.69) is 19.9 Å². The third-order valence-electron chi connectivity index (χ3n) is 8.03. The zero-order valence-corrected chi connectivity index (χ0v) is 29.5. The van der Waals surface area contributed by atoms with Crippen LogP contribution in [-0.2, 0) is 23.0 Å². The Morgan fingerprint density at radius 2 is 0.949 bits per heavy atom. The number of aryl methyl sites for hydroxylation is 2. The van der Waals surface area contributed by atoms with Crippen molar-refractivity contribution in [2.24, 2.45) is 0 Å². The van der Waals surface area contributed by atoms with Gasteiger partial charge in [0.25, 0.3) is 0 Å². The Morgan fingerprint density at radius 1 is 0.564 bits per heavy atom. The van der Waals surface area contributed by atoms with Crippen molar-refractivity contribution in [2.45, 2.75) is 160 Å². The summed E-state index contributed by atoms with van der Waals surface area (Å²) in [5.41, 5.74) is 2.58. The normalized spacial score (nSPS) is 11.7. The van der Waals surface area contributed by atoms with E-state index in [4.69, 9.17) is 0 Å². The van der Waals surface area contributed by atoms with E-state index in [0.717, 1.165) is 24.6 Å². The summed E-state index contributed by atoms with van der Waals surface area (Å²) in [6.07, 6.45) is 28.3. The summed E-state index contributed by atoms with van der Waals surface area (Å²) in [5, 5.41) is 1.47. The standard InChI is InChI=1S/C34H56O3S.K/c1-3-5-7-9-11-13-15-17-19-21-24-30-28-32-26-23-27-34(38(35,36)37)33(32)29-31(30)25-22-20-18-16-14-12-10-8-6-4-2;/h23,26-29H,3-22,24-25H2,1-2H3,(H,35,36,37);/q;+1/p-1. The summed E-state index contributed by atoms with van der Waals surface area (Å²) in [5.74, 6) is 0. The average molecular weight is 583 g/mol. The predicted molar refractivity (Wildman–Crippen MR) is 163 cm³/mol. The molecule has 2 aromatic rings. The number of hydrogen-bond acceptors (Lipinski definition) is 3. The topological polar surface area (TPSA) is 57.2 Å². The van der Waals surface area contributed by atoms with Crippen LogP contribution in [0.1, 0.15) is 153 Å². The molecule has 0 amide bonds. The Bertz CT molecular complexity index is 1000. The van der Waals surface area contributed by atoms with Gasteiger partial charge in [-0.05, 0) is 59.7 Å². The minimum Gasteiger partial charge on any atom is -0.744 e. The molecule has 0 saturated heterocycles. The van der Waals surface area contributed by atoms with Gasteiger partial charge < -0.3 is 4.55 Å². The molecular weight excluding hydrogens is 528 g/mol. The van der Waals surface area contributed by atoms with Crippen LogP contribution in [0.3, 0.4) is 0 Å². The predicted octanol–water partition coefficient (Wildman–Crippen LogP) is 7.67. The van der Waals surface area contributed by atoms with Crippen molar-refractivity contribution in [2.75, 3.05) is 0 Å². The molecule has 0 N–H and O–H groups in total. The summed E-state index contributed by atoms with van der Waals surface area (Å²) in [6, 6.07) is 9.26. The van der Waals surface area contributed by atoms with Crippen LogP contribution >= 0.6 is 0 Å². The Kier molecular flexibility index (Phi) is 21.8. The van der Waals surface area contributed by atoms with Crippen LogP contribution in [0.5, 0.6) is 0 Å². The molecule has 0 unspecified atom stereocenters. The quantitative estimate of drug-likeness (QED) is 0.0767. The molecule has 0 aliphatic rings. The largest absolute Gasteiger partial charge is 1.00 e. The van der Waals surface area contributed by atoms with E-state index < -0.39 is 10.1 Å². The van der Waals surface area contributed by atoms with E-state index in [9.17, 15) is 13.0 Å². The summed E-state index contributed by atoms with van der Waals surface area (Å²) < 4.78 is 35.7. The fourth-order valence-corrected chi connectivity index (χ4v) is 6.37. The molecule has 0 radical (unpaired) electrons. The number of hydrogen-bond donors (Lipinski definition) is 0. The van der Waals surface area contributed by atoms with Crippen LogP contribution in [0.25, 0.3) is 10.8 Å². The first-order chi connectivity index (χ1) is 18.5. The van der Waals surface area contributed by atoms with Gasteiger partial charge in [-0.3, -0.25) is 0 Å². The minimum atomic E-state index is -4.49. The second-order valence-corrected chi connectivity index (χ2v) is 12.8. The van der Waals surface area contributed by atoms with E-state index in [1.54, 1.807) is 6.07 Å². The summed E-state index contributed by atoms with van der Waals surface area (Å²) >= 11 is 0. The second-order valence-electron chi connectivity index (χ2n) is 11.4. The fraction of sp³-hybridized carbons (Fsp3) is 0.706. The minimum absolute atomic E-state index is 0. The monoisotopic (exact) mass is 582 g/mol. The van der Waals surface area contributed by atoms with Gasteiger partial charge in [-0.15, -0.1) is 0 Å². The molecule has 0 aliphatic carbocycles. The molecule has 3 nitrogen and oxygen atoms in total. The molecule has 0 aromatic heterocycles. The summed E-state index contributed by atoms with van der Waals surface area (Å²) in [7, 11) is -4.49. The van der Waals surface area contributed by atoms with Gasteiger partial charge in [0.2, 0.25) is 0 Å². The van der Waals surface area contributed by atoms with E-state index in [-0.39, 0.29) is 56.3 Å². The summed E-state index contributed by atoms with van der Waals surface area (Å²) in [4.78, 5) is -0.0789. The van der Waals surface area contributed by atoms with E-state index >= 15 is 0 Å². The third-order valence-corrected chi connectivity index (χ3v) is 8.92. The number of rotatable bonds is 23. The molecule has 0 spiro atoms. The number of benzene rings is 2. The van der Waals surface area contributed by atoms with Crippen molar-refractivity contribution in [3.63, 3.8) is 0 Å². The number of fused-ring (bicyclic) bond motifs is 1. The van der Waals surface area contributed by atoms with Gasteiger partial charge in [-0.1, -0.05) is 148 Å². The molecule has 216 valence electrons. The number of unbranched alkanes of at least 4 members (excludes halogenated alkanes) is 18. The first-order valence-corrected chi connectivity index (χ1v) is 17.4. The van der Waals surface area contributed by atoms with Gasteiger partial charge in [-0.25, -0.2) is 8.42 Å². The van der Waals surface area contributed by atoms with Gasteiger partial charge in [0.1, 0.15) is 10.1 Å². The maximum absolute atomic E-state index is 11.9. The van der Waals surface area contributed by atoms with Crippen LogP contribution in [0.2, 0.25) is 0 Å². The zero-order chi connectivity index (χ0) is 27.5. The molecule has 0 saturated carbocycles. The molecule has 0 fully saturated rings. The van der Waals surface area contributed by atoms with Crippen LogP contribution in [0.4, 0.5) is 0 Å². The SMILES string of the molecule is CCCCCCCCCCCCc1cc2cccc(S(=O)(=O)[O-])c2cc1CCCCCCCCCCCC.[K+]. The van der Waals surface area contributed by atoms with Crippen LogP contribution in [0, 0.1) is 0 Å². The maximum Gasteiger partial charge on any atom is 1.00 e. The van der Waals surface area contributed by atoms with E-state index in [1.807, 2.05) is 12.1 Å². The van der Waals surface area contributed by atoms with Crippen molar-refractivity contribution in [1.82, 2.24) is 0 Å². The molecule has 0 aliphatic heterocycles. The third kappa shape index (κ3) is 15.9. The molecule has 5 heteroatoms. The smallest absolute Gasteiger partial charge is 0.744 e. The molecule has 0 heterocycles. The van der Waals surface area contributed by atoms with Crippen molar-refractivity contribution in [1.29, 1.82) is 0 Å². The van der Waals surface area contributed by atoms with Crippen molar-refractivity contribution in [3.8, 4) is 0 Å². The molecule has 39 heavy (non-hydrogen) atoms. The van der Waals surface area contributed by atoms with Gasteiger partial charge in [0.15, 0.2) is 0 Å². The molecule has 2 aromatic carbocycles. The Hall–Kier alpha value is 0.246. The Balaban J connectivity index is 0.00000760. The maximum atomic E-state index is 11.9. The van der Waals surface area contributed by atoms with Crippen molar-refractivity contribution >= 4 is 20.9 Å². The first-order valence-electron chi connectivity index (χ1n) is 16.0. The van der Waals surface area contributed by atoms with E-state index in [1.165, 1.54) is 139 Å². The van der Waals surface area contributed by atoms with Gasteiger partial charge in [-0.2, -0.15) is 0 Å². The first kappa shape index (κ1) is 37.3. The van der Waals surface area contributed by atoms with E-state index in [0.29, 0.717) is 5.39 Å². The van der Waals surface area contributed by atoms with Gasteiger partial charge >= 0.3 is 51.4 Å². The average Bonchev–Trinajstić information content (AvgIpc) is 2.89. The van der Waals surface area contributed by atoms with Crippen molar-refractivity contribution < 1.29 is 64.4 Å². The second kappa shape index (κ2) is 22.8. The van der Waals surface area contributed by atoms with Gasteiger partial charge in [0, 0.05) is 0 Å². The Labute approximate surface area is 283 Å². The molecule has 0 bridgehead atoms.